The lowest BCUT2D eigenvalue weighted by Crippen LogP contribution is -2.34. The van der Waals surface area contributed by atoms with E-state index in [1.165, 1.54) is 5.56 Å². The average molecular weight is 152 g/mol. The Hall–Kier alpha value is -0.890. The van der Waals surface area contributed by atoms with E-state index < -0.39 is 0 Å². The zero-order valence-corrected chi connectivity index (χ0v) is 6.83. The van der Waals surface area contributed by atoms with E-state index in [0.29, 0.717) is 6.54 Å². The largest absolute Gasteiger partial charge is 0.390 e. The van der Waals surface area contributed by atoms with Gasteiger partial charge >= 0.3 is 0 Å². The summed E-state index contributed by atoms with van der Waals surface area (Å²) in [6.07, 6.45) is 5.06. The van der Waals surface area contributed by atoms with Gasteiger partial charge in [-0.3, -0.25) is 0 Å². The van der Waals surface area contributed by atoms with E-state index >= 15 is 0 Å². The number of aryl methyl sites for hydroxylation is 1. The fourth-order valence-corrected chi connectivity index (χ4v) is 0.988. The molecule has 0 aliphatic carbocycles. The van der Waals surface area contributed by atoms with E-state index in [4.69, 9.17) is 5.11 Å². The van der Waals surface area contributed by atoms with Crippen LogP contribution in [0, 0.1) is 0 Å². The van der Waals surface area contributed by atoms with Gasteiger partial charge in [-0.1, -0.05) is 6.92 Å². The van der Waals surface area contributed by atoms with E-state index in [-0.39, 0.29) is 6.61 Å². The Labute approximate surface area is 67.1 Å². The zero-order valence-electron chi connectivity index (χ0n) is 6.83. The molecule has 0 unspecified atom stereocenters. The van der Waals surface area contributed by atoms with Crippen molar-refractivity contribution in [3.05, 3.63) is 30.1 Å². The van der Waals surface area contributed by atoms with Gasteiger partial charge in [0.2, 0.25) is 0 Å². The van der Waals surface area contributed by atoms with Crippen molar-refractivity contribution in [2.75, 3.05) is 6.61 Å². The number of hydrogen-bond acceptors (Lipinski definition) is 1. The first-order chi connectivity index (χ1) is 5.36. The van der Waals surface area contributed by atoms with Crippen molar-refractivity contribution in [2.45, 2.75) is 19.9 Å². The van der Waals surface area contributed by atoms with Crippen LogP contribution in [0.4, 0.5) is 0 Å². The highest BCUT2D eigenvalue weighted by Crippen LogP contribution is 1.94. The number of rotatable bonds is 3. The van der Waals surface area contributed by atoms with Crippen LogP contribution in [0.2, 0.25) is 0 Å². The highest BCUT2D eigenvalue weighted by Gasteiger charge is 1.96. The number of nitrogens with zero attached hydrogens (tertiary/aromatic N) is 1. The van der Waals surface area contributed by atoms with Crippen LogP contribution < -0.4 is 4.57 Å². The first-order valence-electron chi connectivity index (χ1n) is 3.95. The minimum atomic E-state index is 0.205. The van der Waals surface area contributed by atoms with Crippen molar-refractivity contribution in [1.29, 1.82) is 0 Å². The van der Waals surface area contributed by atoms with Crippen LogP contribution in [0.5, 0.6) is 0 Å². The quantitative estimate of drug-likeness (QED) is 0.628. The smallest absolute Gasteiger partial charge is 0.171 e. The zero-order chi connectivity index (χ0) is 8.10. The summed E-state index contributed by atoms with van der Waals surface area (Å²) in [5.74, 6) is 0. The summed E-state index contributed by atoms with van der Waals surface area (Å²) in [5.41, 5.74) is 1.33. The normalized spacial score (nSPS) is 10.0. The fourth-order valence-electron chi connectivity index (χ4n) is 0.988. The van der Waals surface area contributed by atoms with Crippen LogP contribution >= 0.6 is 0 Å². The Morgan fingerprint density at radius 1 is 1.36 bits per heavy atom. The Morgan fingerprint density at radius 2 is 2.00 bits per heavy atom. The van der Waals surface area contributed by atoms with Crippen LogP contribution in [0.1, 0.15) is 12.5 Å². The maximum Gasteiger partial charge on any atom is 0.171 e. The van der Waals surface area contributed by atoms with Gasteiger partial charge in [0.25, 0.3) is 0 Å². The Kier molecular flexibility index (Phi) is 3.05. The third-order valence-corrected chi connectivity index (χ3v) is 1.73. The molecule has 1 rings (SSSR count). The molecular weight excluding hydrogens is 138 g/mol. The summed E-state index contributed by atoms with van der Waals surface area (Å²) < 4.78 is 1.97. The molecule has 11 heavy (non-hydrogen) atoms. The van der Waals surface area contributed by atoms with E-state index in [0.717, 1.165) is 6.42 Å². The molecule has 0 spiro atoms. The Morgan fingerprint density at radius 3 is 2.45 bits per heavy atom. The topological polar surface area (TPSA) is 24.1 Å². The van der Waals surface area contributed by atoms with Crippen LogP contribution in [-0.4, -0.2) is 11.7 Å². The molecule has 0 amide bonds. The molecular formula is C9H14NO+. The van der Waals surface area contributed by atoms with Gasteiger partial charge < -0.3 is 5.11 Å². The van der Waals surface area contributed by atoms with Crippen molar-refractivity contribution in [3.63, 3.8) is 0 Å². The highest BCUT2D eigenvalue weighted by molar-refractivity contribution is 5.06. The molecule has 2 nitrogen and oxygen atoms in total. The monoisotopic (exact) mass is 152 g/mol. The fraction of sp³-hybridized carbons (Fsp3) is 0.444. The predicted molar refractivity (Wildman–Crippen MR) is 43.1 cm³/mol. The molecule has 1 N–H and O–H groups in total. The van der Waals surface area contributed by atoms with Crippen molar-refractivity contribution in [3.8, 4) is 0 Å². The lowest BCUT2D eigenvalue weighted by molar-refractivity contribution is -0.698. The SMILES string of the molecule is CCc1cc[n+](CCO)cc1. The van der Waals surface area contributed by atoms with Gasteiger partial charge in [-0.15, -0.1) is 0 Å². The molecule has 1 aromatic rings. The summed E-state index contributed by atoms with van der Waals surface area (Å²) >= 11 is 0. The molecule has 0 saturated heterocycles. The summed E-state index contributed by atoms with van der Waals surface area (Å²) in [6, 6.07) is 4.16. The van der Waals surface area contributed by atoms with Crippen molar-refractivity contribution >= 4 is 0 Å². The average Bonchev–Trinajstić information content (AvgIpc) is 2.07. The summed E-state index contributed by atoms with van der Waals surface area (Å²) in [7, 11) is 0. The summed E-state index contributed by atoms with van der Waals surface area (Å²) in [5, 5.41) is 8.63. The predicted octanol–water partition coefficient (Wildman–Crippen LogP) is 0.529. The molecule has 0 atom stereocenters. The first kappa shape index (κ1) is 8.21. The van der Waals surface area contributed by atoms with Gasteiger partial charge in [-0.05, 0) is 12.0 Å². The van der Waals surface area contributed by atoms with Gasteiger partial charge in [0.05, 0.1) is 0 Å². The third-order valence-electron chi connectivity index (χ3n) is 1.73. The van der Waals surface area contributed by atoms with E-state index in [1.807, 2.05) is 17.0 Å². The van der Waals surface area contributed by atoms with Crippen LogP contribution in [0.25, 0.3) is 0 Å². The van der Waals surface area contributed by atoms with E-state index in [2.05, 4.69) is 19.1 Å². The molecule has 2 heteroatoms. The van der Waals surface area contributed by atoms with Gasteiger partial charge in [-0.25, -0.2) is 4.57 Å². The molecule has 60 valence electrons. The van der Waals surface area contributed by atoms with Crippen molar-refractivity contribution < 1.29 is 9.67 Å². The Bertz CT molecular complexity index is 205. The lowest BCUT2D eigenvalue weighted by Gasteiger charge is -1.94. The minimum Gasteiger partial charge on any atom is -0.390 e. The molecule has 0 fully saturated rings. The molecule has 1 heterocycles. The van der Waals surface area contributed by atoms with Crippen molar-refractivity contribution in [1.82, 2.24) is 0 Å². The first-order valence-corrected chi connectivity index (χ1v) is 3.95. The molecule has 0 aliphatic heterocycles. The van der Waals surface area contributed by atoms with Gasteiger partial charge in [-0.2, -0.15) is 0 Å². The maximum atomic E-state index is 8.63. The number of aliphatic hydroxyl groups excluding tert-OH is 1. The third kappa shape index (κ3) is 2.31. The number of aliphatic hydroxyl groups is 1. The second kappa shape index (κ2) is 4.09. The molecule has 0 bridgehead atoms. The van der Waals surface area contributed by atoms with Crippen LogP contribution in [0.3, 0.4) is 0 Å². The van der Waals surface area contributed by atoms with E-state index in [1.54, 1.807) is 0 Å². The van der Waals surface area contributed by atoms with Crippen molar-refractivity contribution in [2.24, 2.45) is 0 Å². The molecule has 0 saturated carbocycles. The number of hydrogen-bond donors (Lipinski definition) is 1. The lowest BCUT2D eigenvalue weighted by atomic mass is 10.2. The van der Waals surface area contributed by atoms with Gasteiger partial charge in [0.1, 0.15) is 6.61 Å². The van der Waals surface area contributed by atoms with Crippen LogP contribution in [0.15, 0.2) is 24.5 Å². The molecule has 0 radical (unpaired) electrons. The Balaban J connectivity index is 2.66. The van der Waals surface area contributed by atoms with Gasteiger partial charge in [0.15, 0.2) is 18.9 Å². The van der Waals surface area contributed by atoms with Crippen LogP contribution in [-0.2, 0) is 13.0 Å². The molecule has 1 aromatic heterocycles. The highest BCUT2D eigenvalue weighted by atomic mass is 16.3. The van der Waals surface area contributed by atoms with E-state index in [9.17, 15) is 0 Å². The minimum absolute atomic E-state index is 0.205. The van der Waals surface area contributed by atoms with Gasteiger partial charge in [0, 0.05) is 12.1 Å². The number of aromatic nitrogens is 1. The molecule has 0 aromatic carbocycles. The second-order valence-corrected chi connectivity index (χ2v) is 2.52. The standard InChI is InChI=1S/C9H14NO/c1-2-9-3-5-10(6-4-9)7-8-11/h3-6,11H,2,7-8H2,1H3/q+1. The number of pyridine rings is 1. The summed E-state index contributed by atoms with van der Waals surface area (Å²) in [4.78, 5) is 0. The second-order valence-electron chi connectivity index (χ2n) is 2.52. The summed E-state index contributed by atoms with van der Waals surface area (Å²) in [6.45, 7) is 3.02. The molecule has 0 aliphatic rings. The maximum absolute atomic E-state index is 8.63.